The van der Waals surface area contributed by atoms with Crippen LogP contribution in [0, 0.1) is 12.8 Å². The summed E-state index contributed by atoms with van der Waals surface area (Å²) in [5, 5.41) is 0.862. The molecule has 2 heteroatoms. The van der Waals surface area contributed by atoms with Crippen LogP contribution < -0.4 is 0 Å². The quantitative estimate of drug-likeness (QED) is 0.701. The van der Waals surface area contributed by atoms with Crippen LogP contribution in [0.25, 0.3) is 0 Å². The van der Waals surface area contributed by atoms with Crippen molar-refractivity contribution < 1.29 is 0 Å². The van der Waals surface area contributed by atoms with E-state index in [-0.39, 0.29) is 0 Å². The Morgan fingerprint density at radius 1 is 1.05 bits per heavy atom. The summed E-state index contributed by atoms with van der Waals surface area (Å²) in [6.07, 6.45) is 2.60. The third-order valence-corrected chi connectivity index (χ3v) is 5.73. The van der Waals surface area contributed by atoms with E-state index in [1.54, 1.807) is 0 Å². The number of piperidine rings is 1. The number of halogens is 1. The van der Waals surface area contributed by atoms with E-state index >= 15 is 0 Å². The van der Waals surface area contributed by atoms with E-state index in [0.29, 0.717) is 17.9 Å². The van der Waals surface area contributed by atoms with Gasteiger partial charge in [0.15, 0.2) is 0 Å². The van der Waals surface area contributed by atoms with Crippen LogP contribution in [-0.2, 0) is 0 Å². The van der Waals surface area contributed by atoms with Crippen LogP contribution >= 0.6 is 11.6 Å². The van der Waals surface area contributed by atoms with Crippen LogP contribution in [0.4, 0.5) is 0 Å². The molecule has 2 aliphatic rings. The van der Waals surface area contributed by atoms with Gasteiger partial charge in [-0.05, 0) is 68.1 Å². The minimum atomic E-state index is 0.514. The third kappa shape index (κ3) is 2.19. The summed E-state index contributed by atoms with van der Waals surface area (Å²) in [7, 11) is 2.26. The maximum atomic E-state index is 6.30. The zero-order valence-corrected chi connectivity index (χ0v) is 14.0. The predicted octanol–water partition coefficient (Wildman–Crippen LogP) is 5.18. The Morgan fingerprint density at radius 2 is 1.82 bits per heavy atom. The molecule has 0 aromatic heterocycles. The number of nitrogens with zero attached hydrogens (tertiary/aromatic N) is 1. The molecule has 1 saturated heterocycles. The Morgan fingerprint density at radius 3 is 2.59 bits per heavy atom. The molecule has 0 amide bonds. The summed E-state index contributed by atoms with van der Waals surface area (Å²) >= 11 is 6.30. The second-order valence-corrected chi connectivity index (χ2v) is 7.33. The monoisotopic (exact) mass is 311 g/mol. The lowest BCUT2D eigenvalue weighted by Gasteiger charge is -2.37. The van der Waals surface area contributed by atoms with Crippen LogP contribution in [0.3, 0.4) is 0 Å². The maximum Gasteiger partial charge on any atom is 0.0409 e. The fraction of sp³-hybridized carbons (Fsp3) is 0.400. The van der Waals surface area contributed by atoms with Crippen molar-refractivity contribution in [2.45, 2.75) is 31.7 Å². The molecule has 2 aromatic rings. The SMILES string of the molecule is Cc1ccc(C2c3ccc(Cl)cc3C3C2CCCN3C)cc1. The molecule has 0 N–H and O–H groups in total. The Balaban J connectivity index is 1.86. The molecule has 114 valence electrons. The number of benzene rings is 2. The van der Waals surface area contributed by atoms with Gasteiger partial charge in [-0.1, -0.05) is 47.5 Å². The first kappa shape index (κ1) is 14.3. The van der Waals surface area contributed by atoms with Crippen LogP contribution in [0.1, 0.15) is 47.1 Å². The maximum absolute atomic E-state index is 6.30. The zero-order valence-electron chi connectivity index (χ0n) is 13.2. The molecule has 4 rings (SSSR count). The molecule has 3 unspecified atom stereocenters. The highest BCUT2D eigenvalue weighted by molar-refractivity contribution is 6.30. The van der Waals surface area contributed by atoms with Crippen molar-refractivity contribution in [1.82, 2.24) is 4.90 Å². The summed E-state index contributed by atoms with van der Waals surface area (Å²) < 4.78 is 0. The van der Waals surface area contributed by atoms with Crippen molar-refractivity contribution in [3.63, 3.8) is 0 Å². The van der Waals surface area contributed by atoms with Gasteiger partial charge in [-0.15, -0.1) is 0 Å². The highest BCUT2D eigenvalue weighted by Crippen LogP contribution is 2.54. The largest absolute Gasteiger partial charge is 0.299 e. The molecule has 22 heavy (non-hydrogen) atoms. The van der Waals surface area contributed by atoms with E-state index in [0.717, 1.165) is 5.02 Å². The lowest BCUT2D eigenvalue weighted by molar-refractivity contribution is 0.127. The molecule has 2 aromatic carbocycles. The number of hydrogen-bond donors (Lipinski definition) is 0. The number of likely N-dealkylation sites (tertiary alicyclic amines) is 1. The van der Waals surface area contributed by atoms with Gasteiger partial charge in [0.1, 0.15) is 0 Å². The summed E-state index contributed by atoms with van der Waals surface area (Å²) in [6.45, 7) is 3.34. The topological polar surface area (TPSA) is 3.24 Å². The van der Waals surface area contributed by atoms with Gasteiger partial charge < -0.3 is 0 Å². The first-order valence-electron chi connectivity index (χ1n) is 8.21. The highest BCUT2D eigenvalue weighted by Gasteiger charge is 2.44. The molecular formula is C20H22ClN. The van der Waals surface area contributed by atoms with Gasteiger partial charge in [0, 0.05) is 17.0 Å². The van der Waals surface area contributed by atoms with Gasteiger partial charge in [-0.3, -0.25) is 4.90 Å². The van der Waals surface area contributed by atoms with Crippen molar-refractivity contribution in [2.75, 3.05) is 13.6 Å². The Hall–Kier alpha value is -1.31. The summed E-state index contributed by atoms with van der Waals surface area (Å²) in [4.78, 5) is 2.53. The minimum Gasteiger partial charge on any atom is -0.299 e. The normalized spacial score (nSPS) is 27.5. The molecule has 0 saturated carbocycles. The molecule has 1 fully saturated rings. The molecule has 1 heterocycles. The van der Waals surface area contributed by atoms with E-state index in [1.807, 2.05) is 0 Å². The molecular weight excluding hydrogens is 290 g/mol. The van der Waals surface area contributed by atoms with E-state index in [9.17, 15) is 0 Å². The number of hydrogen-bond acceptors (Lipinski definition) is 1. The highest BCUT2D eigenvalue weighted by atomic mass is 35.5. The average molecular weight is 312 g/mol. The smallest absolute Gasteiger partial charge is 0.0409 e. The average Bonchev–Trinajstić information content (AvgIpc) is 2.83. The second-order valence-electron chi connectivity index (χ2n) is 6.89. The standard InChI is InChI=1S/C20H22ClN/c1-13-5-7-14(8-6-13)19-16-10-9-15(21)12-18(16)20-17(19)4-3-11-22(20)2/h5-10,12,17,19-20H,3-4,11H2,1-2H3. The lowest BCUT2D eigenvalue weighted by atomic mass is 9.80. The van der Waals surface area contributed by atoms with Gasteiger partial charge in [0.25, 0.3) is 0 Å². The van der Waals surface area contributed by atoms with Gasteiger partial charge in [-0.25, -0.2) is 0 Å². The number of fused-ring (bicyclic) bond motifs is 3. The Kier molecular flexibility index (Phi) is 3.51. The van der Waals surface area contributed by atoms with Gasteiger partial charge in [-0.2, -0.15) is 0 Å². The molecule has 3 atom stereocenters. The lowest BCUT2D eigenvalue weighted by Crippen LogP contribution is -2.34. The van der Waals surface area contributed by atoms with Crippen molar-refractivity contribution in [3.8, 4) is 0 Å². The third-order valence-electron chi connectivity index (χ3n) is 5.50. The molecule has 1 aliphatic carbocycles. The molecule has 1 nitrogen and oxygen atoms in total. The summed E-state index contributed by atoms with van der Waals surface area (Å²) in [5.41, 5.74) is 5.72. The van der Waals surface area contributed by atoms with E-state index in [2.05, 4.69) is 61.3 Å². The van der Waals surface area contributed by atoms with Gasteiger partial charge >= 0.3 is 0 Å². The molecule has 0 radical (unpaired) electrons. The van der Waals surface area contributed by atoms with Crippen LogP contribution in [0.5, 0.6) is 0 Å². The number of rotatable bonds is 1. The van der Waals surface area contributed by atoms with Gasteiger partial charge in [0.2, 0.25) is 0 Å². The Bertz CT molecular complexity index is 691. The first-order chi connectivity index (χ1) is 10.6. The summed E-state index contributed by atoms with van der Waals surface area (Å²) in [5.74, 6) is 1.19. The van der Waals surface area contributed by atoms with Crippen molar-refractivity contribution in [1.29, 1.82) is 0 Å². The number of aryl methyl sites for hydroxylation is 1. The van der Waals surface area contributed by atoms with E-state index in [1.165, 1.54) is 41.6 Å². The molecule has 0 spiro atoms. The molecule has 1 aliphatic heterocycles. The van der Waals surface area contributed by atoms with Crippen molar-refractivity contribution in [3.05, 3.63) is 69.7 Å². The van der Waals surface area contributed by atoms with E-state index in [4.69, 9.17) is 11.6 Å². The summed E-state index contributed by atoms with van der Waals surface area (Å²) in [6, 6.07) is 16.1. The van der Waals surface area contributed by atoms with Crippen molar-refractivity contribution >= 4 is 11.6 Å². The van der Waals surface area contributed by atoms with Gasteiger partial charge in [0.05, 0.1) is 0 Å². The minimum absolute atomic E-state index is 0.514. The molecule has 0 bridgehead atoms. The van der Waals surface area contributed by atoms with Crippen LogP contribution in [-0.4, -0.2) is 18.5 Å². The zero-order chi connectivity index (χ0) is 15.3. The van der Waals surface area contributed by atoms with Crippen LogP contribution in [0.15, 0.2) is 42.5 Å². The van der Waals surface area contributed by atoms with Crippen LogP contribution in [0.2, 0.25) is 5.02 Å². The Labute approximate surface area is 137 Å². The second kappa shape index (κ2) is 5.40. The fourth-order valence-electron chi connectivity index (χ4n) is 4.53. The van der Waals surface area contributed by atoms with Crippen molar-refractivity contribution in [2.24, 2.45) is 5.92 Å². The van der Waals surface area contributed by atoms with E-state index < -0.39 is 0 Å². The first-order valence-corrected chi connectivity index (χ1v) is 8.59. The predicted molar refractivity (Wildman–Crippen MR) is 92.6 cm³/mol. The fourth-order valence-corrected chi connectivity index (χ4v) is 4.71.